The number of hydrogen-bond acceptors (Lipinski definition) is 3. The summed E-state index contributed by atoms with van der Waals surface area (Å²) >= 11 is 0. The summed E-state index contributed by atoms with van der Waals surface area (Å²) in [7, 11) is 0. The summed E-state index contributed by atoms with van der Waals surface area (Å²) in [6, 6.07) is 11.1. The lowest BCUT2D eigenvalue weighted by Gasteiger charge is -2.43. The Balaban J connectivity index is 1.77. The van der Waals surface area contributed by atoms with E-state index in [1.165, 1.54) is 23.3 Å². The van der Waals surface area contributed by atoms with Gasteiger partial charge in [-0.05, 0) is 48.6 Å². The van der Waals surface area contributed by atoms with Gasteiger partial charge in [-0.2, -0.15) is 0 Å². The molecule has 1 saturated heterocycles. The summed E-state index contributed by atoms with van der Waals surface area (Å²) in [6.07, 6.45) is 3.10. The highest BCUT2D eigenvalue weighted by Crippen LogP contribution is 2.49. The maximum atomic E-state index is 13.8. The van der Waals surface area contributed by atoms with Gasteiger partial charge in [0.1, 0.15) is 0 Å². The van der Waals surface area contributed by atoms with Gasteiger partial charge in [-0.15, -0.1) is 0 Å². The molecule has 1 fully saturated rings. The van der Waals surface area contributed by atoms with Gasteiger partial charge in [-0.3, -0.25) is 0 Å². The molecule has 0 saturated carbocycles. The zero-order valence-electron chi connectivity index (χ0n) is 13.8. The van der Waals surface area contributed by atoms with E-state index in [4.69, 9.17) is 4.74 Å². The fourth-order valence-electron chi connectivity index (χ4n) is 3.99. The molecule has 0 radical (unpaired) electrons. The van der Waals surface area contributed by atoms with Crippen LogP contribution in [0.4, 0.5) is 10.1 Å². The van der Waals surface area contributed by atoms with E-state index >= 15 is 0 Å². The minimum atomic E-state index is -0.574. The zero-order valence-corrected chi connectivity index (χ0v) is 13.8. The molecule has 3 nitrogen and oxygen atoms in total. The second-order valence-corrected chi connectivity index (χ2v) is 6.71. The summed E-state index contributed by atoms with van der Waals surface area (Å²) in [4.78, 5) is 0. The number of aryl methyl sites for hydroxylation is 1. The van der Waals surface area contributed by atoms with E-state index in [-0.39, 0.29) is 23.8 Å². The maximum Gasteiger partial charge on any atom is 0.165 e. The van der Waals surface area contributed by atoms with E-state index in [1.54, 1.807) is 6.07 Å². The normalized spacial score (nSPS) is 25.5. The summed E-state index contributed by atoms with van der Waals surface area (Å²) in [6.45, 7) is 2.92. The Hall–Kier alpha value is -2.07. The number of anilines is 1. The molecule has 0 amide bonds. The average molecular weight is 327 g/mol. The highest BCUT2D eigenvalue weighted by molar-refractivity contribution is 5.58. The number of phenolic OH excluding ortho intramolecular Hbond substituents is 1. The molecule has 0 aromatic heterocycles. The van der Waals surface area contributed by atoms with Gasteiger partial charge in [0.15, 0.2) is 11.6 Å². The number of benzene rings is 2. The van der Waals surface area contributed by atoms with Gasteiger partial charge in [-0.1, -0.05) is 25.1 Å². The van der Waals surface area contributed by atoms with E-state index in [1.807, 2.05) is 0 Å². The van der Waals surface area contributed by atoms with E-state index < -0.39 is 5.82 Å². The highest BCUT2D eigenvalue weighted by Gasteiger charge is 2.40. The first-order chi connectivity index (χ1) is 11.7. The third-order valence-corrected chi connectivity index (χ3v) is 5.27. The first-order valence-electron chi connectivity index (χ1n) is 8.66. The Morgan fingerprint density at radius 2 is 2.12 bits per heavy atom. The molecule has 126 valence electrons. The Morgan fingerprint density at radius 3 is 2.92 bits per heavy atom. The number of fused-ring (bicyclic) bond motifs is 3. The van der Waals surface area contributed by atoms with E-state index in [9.17, 15) is 9.50 Å². The Bertz CT molecular complexity index is 761. The first kappa shape index (κ1) is 15.5. The predicted octanol–water partition coefficient (Wildman–Crippen LogP) is 4.73. The maximum absolute atomic E-state index is 13.8. The molecule has 2 aromatic rings. The topological polar surface area (TPSA) is 41.5 Å². The van der Waals surface area contributed by atoms with Crippen LogP contribution in [0, 0.1) is 11.7 Å². The minimum Gasteiger partial charge on any atom is -0.505 e. The second kappa shape index (κ2) is 6.10. The summed E-state index contributed by atoms with van der Waals surface area (Å²) in [5, 5.41) is 13.1. The molecule has 0 bridgehead atoms. The molecule has 2 aliphatic rings. The summed E-state index contributed by atoms with van der Waals surface area (Å²) in [5.41, 5.74) is 4.44. The summed E-state index contributed by atoms with van der Waals surface area (Å²) < 4.78 is 20.0. The van der Waals surface area contributed by atoms with Crippen molar-refractivity contribution in [2.45, 2.75) is 38.3 Å². The molecule has 2 aromatic carbocycles. The number of hydrogen-bond donors (Lipinski definition) is 2. The Labute approximate surface area is 141 Å². The summed E-state index contributed by atoms with van der Waals surface area (Å²) in [5.74, 6) is -0.615. The van der Waals surface area contributed by atoms with Crippen LogP contribution in [0.5, 0.6) is 5.75 Å². The molecule has 2 aliphatic heterocycles. The van der Waals surface area contributed by atoms with Crippen molar-refractivity contribution in [2.24, 2.45) is 5.92 Å². The molecule has 4 rings (SSSR count). The van der Waals surface area contributed by atoms with E-state index in [0.29, 0.717) is 0 Å². The lowest BCUT2D eigenvalue weighted by atomic mass is 9.77. The van der Waals surface area contributed by atoms with Crippen molar-refractivity contribution in [3.05, 3.63) is 58.9 Å². The molecule has 0 unspecified atom stereocenters. The molecular formula is C20H22FNO2. The fraction of sp³-hybridized carbons (Fsp3) is 0.400. The van der Waals surface area contributed by atoms with Crippen LogP contribution in [0.25, 0.3) is 0 Å². The average Bonchev–Trinajstić information content (AvgIpc) is 2.63. The standard InChI is InChI=1S/C20H22FNO2/c1-2-12-5-7-17-15(10-12)20-14(4-3-9-24-20)19(22-17)13-6-8-18(23)16(21)11-13/h5-8,10-11,14,19-20,22-23H,2-4,9H2,1H3/t14-,19-,20-/m0/s1. The Kier molecular flexibility index (Phi) is 3.93. The smallest absolute Gasteiger partial charge is 0.165 e. The van der Waals surface area contributed by atoms with Crippen molar-refractivity contribution < 1.29 is 14.2 Å². The number of aromatic hydroxyl groups is 1. The quantitative estimate of drug-likeness (QED) is 0.838. The number of phenols is 1. The SMILES string of the molecule is CCc1ccc2c(c1)[C@H]1OCCC[C@H]1[C@H](c1ccc(O)c(F)c1)N2. The second-order valence-electron chi connectivity index (χ2n) is 6.71. The molecule has 2 N–H and O–H groups in total. The molecule has 2 heterocycles. The predicted molar refractivity (Wildman–Crippen MR) is 91.7 cm³/mol. The lowest BCUT2D eigenvalue weighted by Crippen LogP contribution is -2.36. The number of rotatable bonds is 2. The minimum absolute atomic E-state index is 0.00891. The first-order valence-corrected chi connectivity index (χ1v) is 8.66. The van der Waals surface area contributed by atoms with Gasteiger partial charge < -0.3 is 15.2 Å². The van der Waals surface area contributed by atoms with Crippen molar-refractivity contribution in [3.8, 4) is 5.75 Å². The van der Waals surface area contributed by atoms with Crippen LogP contribution in [0.15, 0.2) is 36.4 Å². The largest absolute Gasteiger partial charge is 0.505 e. The fourth-order valence-corrected chi connectivity index (χ4v) is 3.99. The monoisotopic (exact) mass is 327 g/mol. The van der Waals surface area contributed by atoms with Gasteiger partial charge in [0.05, 0.1) is 12.1 Å². The molecule has 24 heavy (non-hydrogen) atoms. The molecule has 0 aliphatic carbocycles. The molecule has 0 spiro atoms. The van der Waals surface area contributed by atoms with Crippen molar-refractivity contribution in [2.75, 3.05) is 11.9 Å². The third kappa shape index (κ3) is 2.55. The highest BCUT2D eigenvalue weighted by atomic mass is 19.1. The van der Waals surface area contributed by atoms with Crippen LogP contribution in [-0.4, -0.2) is 11.7 Å². The molecular weight excluding hydrogens is 305 g/mol. The van der Waals surface area contributed by atoms with E-state index in [2.05, 4.69) is 30.4 Å². The van der Waals surface area contributed by atoms with Gasteiger partial charge in [-0.25, -0.2) is 4.39 Å². The van der Waals surface area contributed by atoms with Crippen molar-refractivity contribution in [3.63, 3.8) is 0 Å². The van der Waals surface area contributed by atoms with Crippen LogP contribution >= 0.6 is 0 Å². The van der Waals surface area contributed by atoms with Crippen LogP contribution in [-0.2, 0) is 11.2 Å². The molecule has 4 heteroatoms. The van der Waals surface area contributed by atoms with E-state index in [0.717, 1.165) is 37.1 Å². The van der Waals surface area contributed by atoms with Crippen molar-refractivity contribution >= 4 is 5.69 Å². The number of halogens is 1. The third-order valence-electron chi connectivity index (χ3n) is 5.27. The van der Waals surface area contributed by atoms with Crippen molar-refractivity contribution in [1.29, 1.82) is 0 Å². The number of nitrogens with one attached hydrogen (secondary N) is 1. The van der Waals surface area contributed by atoms with Crippen LogP contribution in [0.3, 0.4) is 0 Å². The van der Waals surface area contributed by atoms with Crippen molar-refractivity contribution in [1.82, 2.24) is 0 Å². The number of ether oxygens (including phenoxy) is 1. The van der Waals surface area contributed by atoms with Gasteiger partial charge in [0, 0.05) is 23.8 Å². The van der Waals surface area contributed by atoms with Gasteiger partial charge in [0.2, 0.25) is 0 Å². The lowest BCUT2D eigenvalue weighted by molar-refractivity contribution is -0.0382. The Morgan fingerprint density at radius 1 is 1.25 bits per heavy atom. The van der Waals surface area contributed by atoms with Crippen LogP contribution in [0.1, 0.15) is 48.6 Å². The zero-order chi connectivity index (χ0) is 16.7. The van der Waals surface area contributed by atoms with Crippen LogP contribution < -0.4 is 5.32 Å². The van der Waals surface area contributed by atoms with Gasteiger partial charge >= 0.3 is 0 Å². The van der Waals surface area contributed by atoms with Gasteiger partial charge in [0.25, 0.3) is 0 Å². The molecule has 3 atom stereocenters. The van der Waals surface area contributed by atoms with Crippen LogP contribution in [0.2, 0.25) is 0 Å².